The topological polar surface area (TPSA) is 88.1 Å². The van der Waals surface area contributed by atoms with Gasteiger partial charge < -0.3 is 18.9 Å². The fourth-order valence-electron chi connectivity index (χ4n) is 0.997. The standard InChI is InChI=1S/C9H12O7/c1-5(10)3-13-8(11)14-4-7-6(2)15-9(12)16-7/h6-7H,3-4H2,1-2H3. The highest BCUT2D eigenvalue weighted by Gasteiger charge is 2.34. The minimum atomic E-state index is -0.981. The average Bonchev–Trinajstić information content (AvgIpc) is 2.51. The summed E-state index contributed by atoms with van der Waals surface area (Å²) in [7, 11) is 0. The van der Waals surface area contributed by atoms with Crippen molar-refractivity contribution in [3.05, 3.63) is 0 Å². The largest absolute Gasteiger partial charge is 0.509 e. The molecule has 0 spiro atoms. The Kier molecular flexibility index (Phi) is 4.10. The first-order valence-corrected chi connectivity index (χ1v) is 4.65. The molecular weight excluding hydrogens is 220 g/mol. The van der Waals surface area contributed by atoms with Gasteiger partial charge in [-0.2, -0.15) is 0 Å². The number of carbonyl (C=O) groups excluding carboxylic acids is 3. The van der Waals surface area contributed by atoms with E-state index in [0.29, 0.717) is 0 Å². The van der Waals surface area contributed by atoms with Crippen molar-refractivity contribution in [1.82, 2.24) is 0 Å². The molecule has 0 aromatic heterocycles. The van der Waals surface area contributed by atoms with Gasteiger partial charge in [0.25, 0.3) is 0 Å². The van der Waals surface area contributed by atoms with Crippen LogP contribution in [0, 0.1) is 0 Å². The van der Waals surface area contributed by atoms with Crippen molar-refractivity contribution in [2.75, 3.05) is 13.2 Å². The van der Waals surface area contributed by atoms with Crippen LogP contribution >= 0.6 is 0 Å². The van der Waals surface area contributed by atoms with Gasteiger partial charge in [0.15, 0.2) is 18.5 Å². The number of ether oxygens (including phenoxy) is 4. The van der Waals surface area contributed by atoms with Gasteiger partial charge in [-0.3, -0.25) is 4.79 Å². The molecule has 1 saturated heterocycles. The first-order valence-electron chi connectivity index (χ1n) is 4.65. The van der Waals surface area contributed by atoms with Crippen LogP contribution < -0.4 is 0 Å². The summed E-state index contributed by atoms with van der Waals surface area (Å²) in [5, 5.41) is 0. The first-order chi connectivity index (χ1) is 7.49. The van der Waals surface area contributed by atoms with Gasteiger partial charge in [0.05, 0.1) is 0 Å². The Balaban J connectivity index is 2.21. The molecule has 1 aliphatic heterocycles. The molecule has 0 N–H and O–H groups in total. The van der Waals surface area contributed by atoms with Crippen LogP contribution in [0.15, 0.2) is 0 Å². The van der Waals surface area contributed by atoms with Crippen molar-refractivity contribution in [3.63, 3.8) is 0 Å². The third-order valence-corrected chi connectivity index (χ3v) is 1.81. The number of hydrogen-bond acceptors (Lipinski definition) is 7. The Labute approximate surface area is 91.6 Å². The zero-order valence-electron chi connectivity index (χ0n) is 8.93. The summed E-state index contributed by atoms with van der Waals surface area (Å²) in [5.74, 6) is -0.291. The van der Waals surface area contributed by atoms with Crippen LogP contribution in [0.2, 0.25) is 0 Å². The Hall–Kier alpha value is -1.79. The van der Waals surface area contributed by atoms with E-state index in [1.165, 1.54) is 6.92 Å². The van der Waals surface area contributed by atoms with Gasteiger partial charge in [0.2, 0.25) is 0 Å². The summed E-state index contributed by atoms with van der Waals surface area (Å²) >= 11 is 0. The SMILES string of the molecule is CC(=O)COC(=O)OCC1OC(=O)OC1C. The molecule has 0 radical (unpaired) electrons. The number of rotatable bonds is 4. The van der Waals surface area contributed by atoms with E-state index >= 15 is 0 Å². The van der Waals surface area contributed by atoms with Gasteiger partial charge in [-0.05, 0) is 13.8 Å². The van der Waals surface area contributed by atoms with Gasteiger partial charge >= 0.3 is 12.3 Å². The van der Waals surface area contributed by atoms with Crippen molar-refractivity contribution in [3.8, 4) is 0 Å². The predicted molar refractivity (Wildman–Crippen MR) is 48.8 cm³/mol. The van der Waals surface area contributed by atoms with E-state index in [-0.39, 0.29) is 19.0 Å². The third kappa shape index (κ3) is 3.76. The van der Waals surface area contributed by atoms with Gasteiger partial charge in [-0.25, -0.2) is 9.59 Å². The minimum Gasteiger partial charge on any atom is -0.430 e. The average molecular weight is 232 g/mol. The highest BCUT2D eigenvalue weighted by Crippen LogP contribution is 2.14. The van der Waals surface area contributed by atoms with Crippen molar-refractivity contribution < 1.29 is 33.3 Å². The zero-order valence-corrected chi connectivity index (χ0v) is 8.93. The molecule has 7 nitrogen and oxygen atoms in total. The molecule has 90 valence electrons. The van der Waals surface area contributed by atoms with Crippen LogP contribution in [-0.2, 0) is 23.7 Å². The van der Waals surface area contributed by atoms with E-state index < -0.39 is 24.5 Å². The molecule has 1 heterocycles. The fourth-order valence-corrected chi connectivity index (χ4v) is 0.997. The van der Waals surface area contributed by atoms with Crippen LogP contribution in [0.25, 0.3) is 0 Å². The van der Waals surface area contributed by atoms with Crippen molar-refractivity contribution in [1.29, 1.82) is 0 Å². The lowest BCUT2D eigenvalue weighted by molar-refractivity contribution is -0.120. The van der Waals surface area contributed by atoms with Gasteiger partial charge in [0, 0.05) is 0 Å². The number of cyclic esters (lactones) is 2. The molecule has 2 atom stereocenters. The first kappa shape index (κ1) is 12.3. The molecule has 0 aromatic carbocycles. The van der Waals surface area contributed by atoms with Gasteiger partial charge in [-0.1, -0.05) is 0 Å². The maximum absolute atomic E-state index is 10.9. The van der Waals surface area contributed by atoms with Crippen molar-refractivity contribution in [2.24, 2.45) is 0 Å². The molecule has 1 aliphatic rings. The molecular formula is C9H12O7. The maximum atomic E-state index is 10.9. The lowest BCUT2D eigenvalue weighted by atomic mass is 10.2. The highest BCUT2D eigenvalue weighted by atomic mass is 16.8. The number of ketones is 1. The Morgan fingerprint density at radius 3 is 2.50 bits per heavy atom. The number of hydrogen-bond donors (Lipinski definition) is 0. The molecule has 7 heteroatoms. The molecule has 0 bridgehead atoms. The van der Waals surface area contributed by atoms with Crippen LogP contribution in [0.1, 0.15) is 13.8 Å². The lowest BCUT2D eigenvalue weighted by Crippen LogP contribution is -2.27. The van der Waals surface area contributed by atoms with Crippen LogP contribution in [0.4, 0.5) is 9.59 Å². The second-order valence-corrected chi connectivity index (χ2v) is 3.28. The normalized spacial score (nSPS) is 23.2. The molecule has 0 amide bonds. The van der Waals surface area contributed by atoms with Crippen molar-refractivity contribution in [2.45, 2.75) is 26.1 Å². The van der Waals surface area contributed by atoms with Crippen LogP contribution in [0.5, 0.6) is 0 Å². The van der Waals surface area contributed by atoms with E-state index in [1.54, 1.807) is 6.92 Å². The molecule has 1 rings (SSSR count). The Bertz CT molecular complexity index is 298. The Morgan fingerprint density at radius 1 is 1.31 bits per heavy atom. The zero-order chi connectivity index (χ0) is 12.1. The lowest BCUT2D eigenvalue weighted by Gasteiger charge is -2.11. The summed E-state index contributed by atoms with van der Waals surface area (Å²) in [6.45, 7) is 2.39. The van der Waals surface area contributed by atoms with E-state index in [4.69, 9.17) is 0 Å². The monoisotopic (exact) mass is 232 g/mol. The molecule has 16 heavy (non-hydrogen) atoms. The molecule has 0 aromatic rings. The van der Waals surface area contributed by atoms with Gasteiger partial charge in [-0.15, -0.1) is 0 Å². The summed E-state index contributed by atoms with van der Waals surface area (Å²) in [4.78, 5) is 32.1. The van der Waals surface area contributed by atoms with Crippen molar-refractivity contribution >= 4 is 18.1 Å². The van der Waals surface area contributed by atoms with Crippen LogP contribution in [-0.4, -0.2) is 43.5 Å². The fraction of sp³-hybridized carbons (Fsp3) is 0.667. The van der Waals surface area contributed by atoms with E-state index in [9.17, 15) is 14.4 Å². The quantitative estimate of drug-likeness (QED) is 0.657. The smallest absolute Gasteiger partial charge is 0.430 e. The minimum absolute atomic E-state index is 0.163. The molecule has 0 aliphatic carbocycles. The second kappa shape index (κ2) is 5.34. The summed E-state index contributed by atoms with van der Waals surface area (Å²) < 4.78 is 18.4. The maximum Gasteiger partial charge on any atom is 0.509 e. The molecule has 1 fully saturated rings. The summed E-state index contributed by atoms with van der Waals surface area (Å²) in [5.41, 5.74) is 0. The molecule has 2 unspecified atom stereocenters. The predicted octanol–water partition coefficient (Wildman–Crippen LogP) is 0.652. The molecule has 0 saturated carbocycles. The summed E-state index contributed by atoms with van der Waals surface area (Å²) in [6, 6.07) is 0. The summed E-state index contributed by atoms with van der Waals surface area (Å²) in [6.07, 6.45) is -2.89. The number of carbonyl (C=O) groups is 3. The van der Waals surface area contributed by atoms with E-state index in [0.717, 1.165) is 0 Å². The van der Waals surface area contributed by atoms with Gasteiger partial charge in [0.1, 0.15) is 12.7 Å². The number of Topliss-reactive ketones (excluding diaryl/α,β-unsaturated/α-hetero) is 1. The third-order valence-electron chi connectivity index (χ3n) is 1.81. The Morgan fingerprint density at radius 2 is 2.00 bits per heavy atom. The van der Waals surface area contributed by atoms with E-state index in [2.05, 4.69) is 18.9 Å². The van der Waals surface area contributed by atoms with Crippen LogP contribution in [0.3, 0.4) is 0 Å². The second-order valence-electron chi connectivity index (χ2n) is 3.28. The highest BCUT2D eigenvalue weighted by molar-refractivity contribution is 5.78. The van der Waals surface area contributed by atoms with E-state index in [1.807, 2.05) is 0 Å².